The molecular formula is C49H67NO12. The van der Waals surface area contributed by atoms with Crippen LogP contribution < -0.4 is 5.32 Å². The van der Waals surface area contributed by atoms with E-state index >= 15 is 0 Å². The van der Waals surface area contributed by atoms with Gasteiger partial charge in [-0.15, -0.1) is 0 Å². The van der Waals surface area contributed by atoms with E-state index in [0.29, 0.717) is 39.3 Å². The van der Waals surface area contributed by atoms with Crippen LogP contribution in [0.3, 0.4) is 0 Å². The number of amides is 1. The first-order valence-electron chi connectivity index (χ1n) is 21.0. The molecule has 4 aromatic carbocycles. The molecule has 62 heavy (non-hydrogen) atoms. The van der Waals surface area contributed by atoms with E-state index in [0.717, 1.165) is 22.3 Å². The SMILES string of the molecule is COC(=O)[C@H](COCC[C@H](OCc1ccccc1)[C@@H](OCc1ccccc1)[C@H](C)O)NC(=O)OC(C)(C)C.C[C@H](O)[C@H](OCc1ccccc1)[C@H](CCO)OCc1ccccc1. The fourth-order valence-corrected chi connectivity index (χ4v) is 6.18. The van der Waals surface area contributed by atoms with E-state index in [4.69, 9.17) is 33.2 Å². The van der Waals surface area contributed by atoms with Gasteiger partial charge in [0, 0.05) is 13.2 Å². The number of methoxy groups -OCH3 is 1. The summed E-state index contributed by atoms with van der Waals surface area (Å²) in [4.78, 5) is 24.3. The Morgan fingerprint density at radius 3 is 1.31 bits per heavy atom. The van der Waals surface area contributed by atoms with Crippen molar-refractivity contribution in [2.45, 2.75) is 122 Å². The van der Waals surface area contributed by atoms with Crippen LogP contribution >= 0.6 is 0 Å². The third kappa shape index (κ3) is 20.9. The Bertz CT molecular complexity index is 1760. The summed E-state index contributed by atoms with van der Waals surface area (Å²) in [5.74, 6) is -0.652. The summed E-state index contributed by atoms with van der Waals surface area (Å²) in [6.07, 6.45) is -3.47. The summed E-state index contributed by atoms with van der Waals surface area (Å²) in [6, 6.07) is 38.0. The van der Waals surface area contributed by atoms with Gasteiger partial charge < -0.3 is 53.8 Å². The van der Waals surface area contributed by atoms with Crippen LogP contribution in [-0.4, -0.2) is 103 Å². The third-order valence-corrected chi connectivity index (χ3v) is 9.29. The Kier molecular flexibility index (Phi) is 24.0. The van der Waals surface area contributed by atoms with Crippen LogP contribution in [0.1, 0.15) is 69.7 Å². The molecule has 13 heteroatoms. The van der Waals surface area contributed by atoms with E-state index in [9.17, 15) is 24.9 Å². The molecule has 4 rings (SSSR count). The summed E-state index contributed by atoms with van der Waals surface area (Å²) in [5, 5.41) is 32.4. The van der Waals surface area contributed by atoms with Crippen LogP contribution in [0.4, 0.5) is 4.79 Å². The molecule has 4 aromatic rings. The summed E-state index contributed by atoms with van der Waals surface area (Å²) in [5.41, 5.74) is 3.33. The van der Waals surface area contributed by atoms with Crippen molar-refractivity contribution in [3.05, 3.63) is 144 Å². The monoisotopic (exact) mass is 861 g/mol. The number of carbonyl (C=O) groups excluding carboxylic acids is 2. The van der Waals surface area contributed by atoms with Crippen molar-refractivity contribution in [2.24, 2.45) is 0 Å². The van der Waals surface area contributed by atoms with E-state index < -0.39 is 54.2 Å². The Labute approximate surface area is 367 Å². The molecular weight excluding hydrogens is 795 g/mol. The van der Waals surface area contributed by atoms with Gasteiger partial charge in [0.2, 0.25) is 0 Å². The van der Waals surface area contributed by atoms with Crippen LogP contribution in [0, 0.1) is 0 Å². The number of rotatable bonds is 25. The van der Waals surface area contributed by atoms with Gasteiger partial charge in [-0.05, 0) is 69.7 Å². The number of alkyl carbamates (subject to hydrolysis) is 1. The Morgan fingerprint density at radius 2 is 0.968 bits per heavy atom. The van der Waals surface area contributed by atoms with E-state index in [1.165, 1.54) is 7.11 Å². The lowest BCUT2D eigenvalue weighted by atomic mass is 10.1. The zero-order chi connectivity index (χ0) is 45.2. The molecule has 0 radical (unpaired) electrons. The minimum absolute atomic E-state index is 0.0165. The maximum Gasteiger partial charge on any atom is 0.408 e. The number of carbonyl (C=O) groups is 2. The predicted octanol–water partition coefficient (Wildman–Crippen LogP) is 6.93. The van der Waals surface area contributed by atoms with Crippen LogP contribution in [0.2, 0.25) is 0 Å². The van der Waals surface area contributed by atoms with Crippen molar-refractivity contribution in [1.82, 2.24) is 5.32 Å². The molecule has 0 fully saturated rings. The standard InChI is InChI=1S/C29H41NO8.C20H26O4/c1-21(31)26(37-19-23-14-10-7-11-15-23)25(36-18-22-12-8-6-9-13-22)16-17-35-20-24(27(32)34-5)30-28(33)38-29(2,3)4;1-16(22)20(24-15-18-10-6-3-7-11-18)19(12-13-21)23-14-17-8-4-2-5-9-17/h6-15,21,24-26,31H,16-20H2,1-5H3,(H,30,33);2-11,16,19-22H,12-15H2,1H3/t21-,24-,25-,26-;16-,19-,20-/m00/s1. The summed E-state index contributed by atoms with van der Waals surface area (Å²) < 4.78 is 39.9. The molecule has 0 unspecified atom stereocenters. The highest BCUT2D eigenvalue weighted by molar-refractivity contribution is 5.81. The molecule has 0 heterocycles. The maximum atomic E-state index is 12.2. The normalized spacial score (nSPS) is 14.8. The van der Waals surface area contributed by atoms with E-state index in [2.05, 4.69) is 5.32 Å². The Hall–Kier alpha value is -4.70. The van der Waals surface area contributed by atoms with Gasteiger partial charge in [-0.3, -0.25) is 0 Å². The lowest BCUT2D eigenvalue weighted by Gasteiger charge is -2.30. The molecule has 1 amide bonds. The summed E-state index contributed by atoms with van der Waals surface area (Å²) in [7, 11) is 1.23. The van der Waals surface area contributed by atoms with Gasteiger partial charge in [-0.25, -0.2) is 9.59 Å². The number of benzene rings is 4. The number of aliphatic hydroxyl groups excluding tert-OH is 3. The van der Waals surface area contributed by atoms with Gasteiger partial charge >= 0.3 is 12.1 Å². The maximum absolute atomic E-state index is 12.2. The van der Waals surface area contributed by atoms with Crippen molar-refractivity contribution in [2.75, 3.05) is 26.9 Å². The zero-order valence-corrected chi connectivity index (χ0v) is 37.0. The van der Waals surface area contributed by atoms with Gasteiger partial charge in [-0.2, -0.15) is 0 Å². The average Bonchev–Trinajstić information content (AvgIpc) is 3.26. The number of aliphatic hydroxyl groups is 3. The largest absolute Gasteiger partial charge is 0.467 e. The topological polar surface area (TPSA) is 171 Å². The van der Waals surface area contributed by atoms with E-state index in [1.54, 1.807) is 34.6 Å². The number of esters is 1. The van der Waals surface area contributed by atoms with Crippen molar-refractivity contribution in [1.29, 1.82) is 0 Å². The molecule has 0 aromatic heterocycles. The highest BCUT2D eigenvalue weighted by Gasteiger charge is 2.30. The summed E-state index contributed by atoms with van der Waals surface area (Å²) >= 11 is 0. The second-order valence-corrected chi connectivity index (χ2v) is 15.8. The first-order chi connectivity index (χ1) is 29.8. The molecule has 0 aliphatic rings. The quantitative estimate of drug-likeness (QED) is 0.0401. The lowest BCUT2D eigenvalue weighted by Crippen LogP contribution is -2.47. The van der Waals surface area contributed by atoms with Crippen LogP contribution in [0.15, 0.2) is 121 Å². The van der Waals surface area contributed by atoms with Gasteiger partial charge in [0.1, 0.15) is 17.8 Å². The Morgan fingerprint density at radius 1 is 0.597 bits per heavy atom. The minimum atomic E-state index is -1.04. The van der Waals surface area contributed by atoms with Crippen molar-refractivity contribution in [3.8, 4) is 0 Å². The fraction of sp³-hybridized carbons (Fsp3) is 0.469. The zero-order valence-electron chi connectivity index (χ0n) is 37.0. The highest BCUT2D eigenvalue weighted by atomic mass is 16.6. The molecule has 0 saturated carbocycles. The van der Waals surface area contributed by atoms with Crippen LogP contribution in [-0.2, 0) is 64.4 Å². The van der Waals surface area contributed by atoms with Gasteiger partial charge in [0.25, 0.3) is 0 Å². The third-order valence-electron chi connectivity index (χ3n) is 9.29. The predicted molar refractivity (Wildman–Crippen MR) is 236 cm³/mol. The molecule has 0 bridgehead atoms. The molecule has 340 valence electrons. The lowest BCUT2D eigenvalue weighted by molar-refractivity contribution is -0.146. The van der Waals surface area contributed by atoms with Gasteiger partial charge in [0.15, 0.2) is 6.04 Å². The number of hydrogen-bond acceptors (Lipinski definition) is 12. The number of nitrogens with one attached hydrogen (secondary N) is 1. The van der Waals surface area contributed by atoms with Crippen molar-refractivity contribution < 1.29 is 58.1 Å². The van der Waals surface area contributed by atoms with Crippen LogP contribution in [0.5, 0.6) is 0 Å². The first-order valence-corrected chi connectivity index (χ1v) is 21.0. The highest BCUT2D eigenvalue weighted by Crippen LogP contribution is 2.19. The van der Waals surface area contributed by atoms with Crippen molar-refractivity contribution >= 4 is 12.1 Å². The van der Waals surface area contributed by atoms with Crippen LogP contribution in [0.25, 0.3) is 0 Å². The molecule has 7 atom stereocenters. The van der Waals surface area contributed by atoms with E-state index in [-0.39, 0.29) is 25.9 Å². The number of ether oxygens (including phenoxy) is 7. The van der Waals surface area contributed by atoms with Crippen molar-refractivity contribution in [3.63, 3.8) is 0 Å². The molecule has 0 aliphatic carbocycles. The second-order valence-electron chi connectivity index (χ2n) is 15.8. The molecule has 4 N–H and O–H groups in total. The smallest absolute Gasteiger partial charge is 0.408 e. The summed E-state index contributed by atoms with van der Waals surface area (Å²) in [6.45, 7) is 10.0. The minimum Gasteiger partial charge on any atom is -0.467 e. The Balaban J connectivity index is 0.000000365. The molecule has 13 nitrogen and oxygen atoms in total. The fourth-order valence-electron chi connectivity index (χ4n) is 6.18. The van der Waals surface area contributed by atoms with Gasteiger partial charge in [-0.1, -0.05) is 121 Å². The van der Waals surface area contributed by atoms with Gasteiger partial charge in [0.05, 0.1) is 64.6 Å². The average molecular weight is 862 g/mol. The molecule has 0 saturated heterocycles. The molecule has 0 spiro atoms. The first kappa shape index (κ1) is 51.6. The van der Waals surface area contributed by atoms with E-state index in [1.807, 2.05) is 121 Å². The second kappa shape index (κ2) is 28.8. The number of hydrogen-bond donors (Lipinski definition) is 4. The molecule has 0 aliphatic heterocycles.